The van der Waals surface area contributed by atoms with Crippen LogP contribution in [0.3, 0.4) is 0 Å². The lowest BCUT2D eigenvalue weighted by Crippen LogP contribution is -2.12. The average Bonchev–Trinajstić information content (AvgIpc) is 3.44. The molecule has 0 heterocycles. The second-order valence-corrected chi connectivity index (χ2v) is 14.2. The summed E-state index contributed by atoms with van der Waals surface area (Å²) in [7, 11) is 0. The minimum absolute atomic E-state index is 0.0971. The number of unbranched alkanes of at least 4 members (excludes halogenated alkanes) is 18. The highest BCUT2D eigenvalue weighted by atomic mass is 16.5. The Morgan fingerprint density at radius 1 is 0.345 bits per heavy atom. The third-order valence-corrected chi connectivity index (χ3v) is 9.22. The summed E-state index contributed by atoms with van der Waals surface area (Å²) in [5.41, 5.74) is -0.980. The van der Waals surface area contributed by atoms with Gasteiger partial charge >= 0.3 is 23.9 Å². The number of hydrogen-bond acceptors (Lipinski definition) is 10. The Balaban J connectivity index is 1.63. The van der Waals surface area contributed by atoms with Gasteiger partial charge < -0.3 is 18.9 Å². The average molecular weight is 765 g/mol. The molecular formula is C45H64O10. The number of carbonyl (C=O) groups excluding carboxylic acids is 4. The number of esters is 4. The quantitative estimate of drug-likeness (QED) is 0.0558. The van der Waals surface area contributed by atoms with Crippen LogP contribution in [-0.2, 0) is 19.2 Å². The molecule has 0 fully saturated rings. The summed E-state index contributed by atoms with van der Waals surface area (Å²) in [5, 5.41) is 0. The highest BCUT2D eigenvalue weighted by molar-refractivity contribution is 5.74. The predicted molar refractivity (Wildman–Crippen MR) is 215 cm³/mol. The molecule has 55 heavy (non-hydrogen) atoms. The standard InChI is InChI=1S/C45H64O10/c1-3-5-7-9-11-13-15-17-20-26-44(50)54-40-34-30-36(28-32-38(40)46)52-42(48)24-22-19-23-25-43(49)53-37-29-33-39(47)41(35-31-37)55-45(51)27-21-18-16-14-12-10-8-6-4-2/h28-35H,3-27H2,1-2H3. The lowest BCUT2D eigenvalue weighted by atomic mass is 10.1. The van der Waals surface area contributed by atoms with E-state index in [2.05, 4.69) is 13.8 Å². The van der Waals surface area contributed by atoms with Crippen LogP contribution in [0.5, 0.6) is 23.0 Å². The van der Waals surface area contributed by atoms with Gasteiger partial charge in [0.2, 0.25) is 10.9 Å². The van der Waals surface area contributed by atoms with E-state index < -0.39 is 34.7 Å². The Kier molecular flexibility index (Phi) is 25.5. The third kappa shape index (κ3) is 23.2. The molecule has 2 aromatic rings. The molecule has 0 aromatic heterocycles. The summed E-state index contributed by atoms with van der Waals surface area (Å²) in [5.74, 6) is -1.85. The first-order valence-electron chi connectivity index (χ1n) is 20.8. The zero-order chi connectivity index (χ0) is 39.9. The van der Waals surface area contributed by atoms with Crippen LogP contribution in [-0.4, -0.2) is 23.9 Å². The minimum Gasteiger partial charge on any atom is -0.427 e. The Morgan fingerprint density at radius 2 is 0.600 bits per heavy atom. The van der Waals surface area contributed by atoms with Gasteiger partial charge in [-0.2, -0.15) is 0 Å². The zero-order valence-electron chi connectivity index (χ0n) is 33.4. The van der Waals surface area contributed by atoms with Gasteiger partial charge in [0.25, 0.3) is 0 Å². The molecule has 0 aliphatic rings. The molecule has 2 rings (SSSR count). The summed E-state index contributed by atoms with van der Waals surface area (Å²) < 4.78 is 21.3. The van der Waals surface area contributed by atoms with Gasteiger partial charge in [-0.05, 0) is 74.2 Å². The van der Waals surface area contributed by atoms with E-state index in [1.165, 1.54) is 113 Å². The van der Waals surface area contributed by atoms with Gasteiger partial charge in [-0.15, -0.1) is 0 Å². The molecule has 0 saturated carbocycles. The molecule has 0 N–H and O–H groups in total. The Bertz CT molecular complexity index is 1440. The first kappa shape index (κ1) is 46.8. The van der Waals surface area contributed by atoms with Gasteiger partial charge in [0.15, 0.2) is 11.5 Å². The van der Waals surface area contributed by atoms with Crippen molar-refractivity contribution in [2.45, 2.75) is 174 Å². The van der Waals surface area contributed by atoms with Gasteiger partial charge in [0.05, 0.1) is 0 Å². The maximum Gasteiger partial charge on any atom is 0.311 e. The Morgan fingerprint density at radius 3 is 0.927 bits per heavy atom. The van der Waals surface area contributed by atoms with Crippen molar-refractivity contribution in [3.8, 4) is 23.0 Å². The van der Waals surface area contributed by atoms with Crippen LogP contribution in [0.15, 0.2) is 58.1 Å². The molecule has 0 aliphatic carbocycles. The molecule has 0 unspecified atom stereocenters. The number of rotatable bonds is 30. The molecule has 10 heteroatoms. The van der Waals surface area contributed by atoms with Crippen molar-refractivity contribution in [2.75, 3.05) is 0 Å². The van der Waals surface area contributed by atoms with Crippen LogP contribution in [0.4, 0.5) is 0 Å². The Hall–Kier alpha value is -4.34. The van der Waals surface area contributed by atoms with E-state index >= 15 is 0 Å². The summed E-state index contributed by atoms with van der Waals surface area (Å²) in [4.78, 5) is 74.2. The molecule has 0 bridgehead atoms. The van der Waals surface area contributed by atoms with Crippen LogP contribution >= 0.6 is 0 Å². The number of ether oxygens (including phenoxy) is 4. The Labute approximate surface area is 327 Å². The molecule has 0 saturated heterocycles. The topological polar surface area (TPSA) is 139 Å². The lowest BCUT2D eigenvalue weighted by Gasteiger charge is -2.04. The molecule has 2 aromatic carbocycles. The van der Waals surface area contributed by atoms with Crippen LogP contribution in [0.2, 0.25) is 0 Å². The SMILES string of the molecule is CCCCCCCCCCCC(=O)Oc1ccc(OC(=O)CCCCCC(=O)Oc2ccc(OC(=O)CCCCCCCCCCC)c(=O)cc2)ccc1=O. The summed E-state index contributed by atoms with van der Waals surface area (Å²) in [6.07, 6.45) is 22.5. The van der Waals surface area contributed by atoms with E-state index in [-0.39, 0.29) is 48.7 Å². The smallest absolute Gasteiger partial charge is 0.311 e. The van der Waals surface area contributed by atoms with E-state index in [1.807, 2.05) is 0 Å². The van der Waals surface area contributed by atoms with Crippen LogP contribution in [0, 0.1) is 0 Å². The van der Waals surface area contributed by atoms with Gasteiger partial charge in [-0.1, -0.05) is 123 Å². The van der Waals surface area contributed by atoms with Crippen molar-refractivity contribution in [3.63, 3.8) is 0 Å². The number of hydrogen-bond donors (Lipinski definition) is 0. The molecular weight excluding hydrogens is 700 g/mol. The molecule has 0 aliphatic heterocycles. The molecule has 0 radical (unpaired) electrons. The monoisotopic (exact) mass is 764 g/mol. The summed E-state index contributed by atoms with van der Waals surface area (Å²) in [6, 6.07) is 10.6. The van der Waals surface area contributed by atoms with Crippen LogP contribution in [0.25, 0.3) is 0 Å². The van der Waals surface area contributed by atoms with Crippen molar-refractivity contribution in [2.24, 2.45) is 0 Å². The first-order chi connectivity index (χ1) is 26.7. The van der Waals surface area contributed by atoms with E-state index in [4.69, 9.17) is 18.9 Å². The first-order valence-corrected chi connectivity index (χ1v) is 20.8. The van der Waals surface area contributed by atoms with E-state index in [1.54, 1.807) is 0 Å². The van der Waals surface area contributed by atoms with Crippen molar-refractivity contribution in [1.29, 1.82) is 0 Å². The second-order valence-electron chi connectivity index (χ2n) is 14.2. The molecule has 0 atom stereocenters. The van der Waals surface area contributed by atoms with Crippen molar-refractivity contribution in [3.05, 3.63) is 69.0 Å². The highest BCUT2D eigenvalue weighted by Gasteiger charge is 2.12. The van der Waals surface area contributed by atoms with E-state index in [9.17, 15) is 28.8 Å². The van der Waals surface area contributed by atoms with Gasteiger partial charge in [-0.3, -0.25) is 28.8 Å². The summed E-state index contributed by atoms with van der Waals surface area (Å²) >= 11 is 0. The van der Waals surface area contributed by atoms with Crippen LogP contribution in [0.1, 0.15) is 174 Å². The van der Waals surface area contributed by atoms with Crippen molar-refractivity contribution < 1.29 is 38.1 Å². The molecule has 304 valence electrons. The third-order valence-electron chi connectivity index (χ3n) is 9.22. The maximum absolute atomic E-state index is 12.4. The summed E-state index contributed by atoms with van der Waals surface area (Å²) in [6.45, 7) is 4.40. The lowest BCUT2D eigenvalue weighted by molar-refractivity contribution is -0.135. The van der Waals surface area contributed by atoms with E-state index in [0.29, 0.717) is 32.1 Å². The van der Waals surface area contributed by atoms with Crippen molar-refractivity contribution in [1.82, 2.24) is 0 Å². The zero-order valence-corrected chi connectivity index (χ0v) is 33.4. The van der Waals surface area contributed by atoms with Gasteiger partial charge in [-0.25, -0.2) is 0 Å². The molecule has 0 amide bonds. The maximum atomic E-state index is 12.4. The van der Waals surface area contributed by atoms with Gasteiger partial charge in [0, 0.05) is 25.7 Å². The normalized spacial score (nSPS) is 10.8. The van der Waals surface area contributed by atoms with Crippen molar-refractivity contribution >= 4 is 23.9 Å². The fourth-order valence-electron chi connectivity index (χ4n) is 5.96. The second kappa shape index (κ2) is 29.9. The van der Waals surface area contributed by atoms with E-state index in [0.717, 1.165) is 38.5 Å². The molecule has 0 spiro atoms. The fourth-order valence-corrected chi connectivity index (χ4v) is 5.96. The highest BCUT2D eigenvalue weighted by Crippen LogP contribution is 2.17. The molecule has 10 nitrogen and oxygen atoms in total. The largest absolute Gasteiger partial charge is 0.427 e. The number of carbonyl (C=O) groups is 4. The van der Waals surface area contributed by atoms with Gasteiger partial charge in [0.1, 0.15) is 11.5 Å². The predicted octanol–water partition coefficient (Wildman–Crippen LogP) is 10.5. The fraction of sp³-hybridized carbons (Fsp3) is 0.600. The van der Waals surface area contributed by atoms with Crippen LogP contribution < -0.4 is 29.8 Å². The minimum atomic E-state index is -0.500.